The molecule has 0 spiro atoms. The van der Waals surface area contributed by atoms with Crippen molar-refractivity contribution in [1.82, 2.24) is 0 Å². The Morgan fingerprint density at radius 2 is 1.77 bits per heavy atom. The molecular formula is C28H40O2. The second kappa shape index (κ2) is 7.20. The van der Waals surface area contributed by atoms with E-state index in [2.05, 4.69) is 57.2 Å². The van der Waals surface area contributed by atoms with E-state index in [0.717, 1.165) is 49.9 Å². The van der Waals surface area contributed by atoms with Crippen molar-refractivity contribution in [3.8, 4) is 0 Å². The van der Waals surface area contributed by atoms with Gasteiger partial charge in [0.25, 0.3) is 0 Å². The summed E-state index contributed by atoms with van der Waals surface area (Å²) in [5.74, 6) is 2.62. The molecule has 2 N–H and O–H groups in total. The van der Waals surface area contributed by atoms with Crippen molar-refractivity contribution < 1.29 is 10.2 Å². The zero-order valence-corrected chi connectivity index (χ0v) is 19.1. The van der Waals surface area contributed by atoms with Gasteiger partial charge in [-0.15, -0.1) is 0 Å². The van der Waals surface area contributed by atoms with Gasteiger partial charge >= 0.3 is 0 Å². The van der Waals surface area contributed by atoms with Crippen molar-refractivity contribution in [3.05, 3.63) is 47.5 Å². The molecule has 0 saturated heterocycles. The number of benzene rings is 1. The minimum absolute atomic E-state index is 0.126. The summed E-state index contributed by atoms with van der Waals surface area (Å²) in [5, 5.41) is 21.9. The summed E-state index contributed by atoms with van der Waals surface area (Å²) >= 11 is 0. The normalized spacial score (nSPS) is 45.0. The van der Waals surface area contributed by atoms with Crippen molar-refractivity contribution in [2.24, 2.45) is 34.5 Å². The lowest BCUT2D eigenvalue weighted by Gasteiger charge is -2.59. The monoisotopic (exact) mass is 408 g/mol. The Labute approximate surface area is 182 Å². The maximum Gasteiger partial charge on any atom is 0.0693 e. The molecule has 5 rings (SSSR count). The van der Waals surface area contributed by atoms with Gasteiger partial charge in [-0.1, -0.05) is 55.8 Å². The molecular weight excluding hydrogens is 368 g/mol. The molecule has 4 aliphatic carbocycles. The molecule has 0 amide bonds. The molecule has 0 aromatic heterocycles. The minimum Gasteiger partial charge on any atom is -0.393 e. The summed E-state index contributed by atoms with van der Waals surface area (Å²) in [6.45, 7) is 7.12. The average Bonchev–Trinajstić information content (AvgIpc) is 3.07. The number of hydrogen-bond acceptors (Lipinski definition) is 2. The van der Waals surface area contributed by atoms with E-state index in [1.54, 1.807) is 5.57 Å². The Bertz CT molecular complexity index is 811. The summed E-state index contributed by atoms with van der Waals surface area (Å²) < 4.78 is 0. The lowest BCUT2D eigenvalue weighted by molar-refractivity contribution is -0.101. The van der Waals surface area contributed by atoms with Crippen LogP contribution in [0.1, 0.15) is 77.7 Å². The fraction of sp³-hybridized carbons (Fsp3) is 0.714. The van der Waals surface area contributed by atoms with Gasteiger partial charge in [0.1, 0.15) is 0 Å². The molecule has 0 radical (unpaired) electrons. The second-order valence-corrected chi connectivity index (χ2v) is 11.8. The SMILES string of the molecule is C[C@]12CC[C@H]3[C@@H](CC=C4C[C@@H](O)CC[C@@]43C)[C@@H]1CC[C@@H]2[C@@](C)(O)Cc1ccccc1. The molecule has 0 heterocycles. The average molecular weight is 409 g/mol. The van der Waals surface area contributed by atoms with Gasteiger partial charge in [-0.25, -0.2) is 0 Å². The lowest BCUT2D eigenvalue weighted by Crippen LogP contribution is -2.53. The van der Waals surface area contributed by atoms with Crippen LogP contribution in [0, 0.1) is 34.5 Å². The molecule has 0 unspecified atom stereocenters. The van der Waals surface area contributed by atoms with Gasteiger partial charge in [-0.3, -0.25) is 0 Å². The van der Waals surface area contributed by atoms with Gasteiger partial charge in [0.05, 0.1) is 11.7 Å². The number of hydrogen-bond donors (Lipinski definition) is 2. The van der Waals surface area contributed by atoms with Gasteiger partial charge in [-0.2, -0.15) is 0 Å². The zero-order valence-electron chi connectivity index (χ0n) is 19.1. The molecule has 164 valence electrons. The molecule has 2 nitrogen and oxygen atoms in total. The second-order valence-electron chi connectivity index (χ2n) is 11.8. The van der Waals surface area contributed by atoms with Crippen LogP contribution in [0.3, 0.4) is 0 Å². The van der Waals surface area contributed by atoms with E-state index in [4.69, 9.17) is 0 Å². The zero-order chi connectivity index (χ0) is 21.1. The van der Waals surface area contributed by atoms with E-state index in [9.17, 15) is 10.2 Å². The number of aliphatic hydroxyl groups excluding tert-OH is 1. The van der Waals surface area contributed by atoms with Crippen LogP contribution in [0.2, 0.25) is 0 Å². The Morgan fingerprint density at radius 1 is 1.00 bits per heavy atom. The van der Waals surface area contributed by atoms with E-state index >= 15 is 0 Å². The first-order chi connectivity index (χ1) is 14.2. The third kappa shape index (κ3) is 3.13. The molecule has 0 bridgehead atoms. The van der Waals surface area contributed by atoms with E-state index < -0.39 is 5.60 Å². The highest BCUT2D eigenvalue weighted by atomic mass is 16.3. The molecule has 1 aromatic rings. The first-order valence-corrected chi connectivity index (χ1v) is 12.4. The first kappa shape index (κ1) is 20.8. The Morgan fingerprint density at radius 3 is 2.53 bits per heavy atom. The lowest BCUT2D eigenvalue weighted by atomic mass is 9.46. The van der Waals surface area contributed by atoms with Gasteiger partial charge in [0.2, 0.25) is 0 Å². The summed E-state index contributed by atoms with van der Waals surface area (Å²) in [6, 6.07) is 10.5. The predicted octanol–water partition coefficient (Wildman–Crippen LogP) is 5.92. The van der Waals surface area contributed by atoms with Gasteiger partial charge in [0.15, 0.2) is 0 Å². The largest absolute Gasteiger partial charge is 0.393 e. The Balaban J connectivity index is 1.40. The summed E-state index contributed by atoms with van der Waals surface area (Å²) in [7, 11) is 0. The predicted molar refractivity (Wildman–Crippen MR) is 122 cm³/mol. The molecule has 8 atom stereocenters. The fourth-order valence-corrected chi connectivity index (χ4v) is 8.80. The molecule has 3 saturated carbocycles. The van der Waals surface area contributed by atoms with E-state index in [1.807, 2.05) is 0 Å². The van der Waals surface area contributed by atoms with Crippen LogP contribution in [-0.2, 0) is 6.42 Å². The highest BCUT2D eigenvalue weighted by Crippen LogP contribution is 2.67. The van der Waals surface area contributed by atoms with Crippen LogP contribution in [0.15, 0.2) is 42.0 Å². The first-order valence-electron chi connectivity index (χ1n) is 12.4. The standard InChI is InChI=1S/C28H40O2/c1-26-15-13-21(29)17-20(26)9-10-22-23-11-12-25(27(23,2)16-14-24(22)26)28(3,30)18-19-7-5-4-6-8-19/h4-9,21-25,29-30H,10-18H2,1-3H3/t21-,22-,23-,24-,25-,26-,27-,28-/m0/s1. The topological polar surface area (TPSA) is 40.5 Å². The number of allylic oxidation sites excluding steroid dienone is 1. The van der Waals surface area contributed by atoms with Gasteiger partial charge in [-0.05, 0) is 98.4 Å². The Kier molecular flexibility index (Phi) is 4.99. The molecule has 1 aromatic carbocycles. The van der Waals surface area contributed by atoms with E-state index in [0.29, 0.717) is 11.3 Å². The number of aliphatic hydroxyl groups is 2. The van der Waals surface area contributed by atoms with Crippen molar-refractivity contribution >= 4 is 0 Å². The quantitative estimate of drug-likeness (QED) is 0.610. The van der Waals surface area contributed by atoms with Crippen LogP contribution in [0.25, 0.3) is 0 Å². The maximum atomic E-state index is 11.7. The van der Waals surface area contributed by atoms with Crippen LogP contribution in [0.4, 0.5) is 0 Å². The maximum absolute atomic E-state index is 11.7. The van der Waals surface area contributed by atoms with Crippen molar-refractivity contribution in [2.45, 2.75) is 90.3 Å². The third-order valence-corrected chi connectivity index (χ3v) is 10.2. The molecule has 0 aliphatic heterocycles. The minimum atomic E-state index is -0.647. The Hall–Kier alpha value is -1.12. The van der Waals surface area contributed by atoms with Gasteiger partial charge in [0, 0.05) is 6.42 Å². The highest BCUT2D eigenvalue weighted by molar-refractivity contribution is 5.26. The van der Waals surface area contributed by atoms with Gasteiger partial charge < -0.3 is 10.2 Å². The van der Waals surface area contributed by atoms with Crippen molar-refractivity contribution in [3.63, 3.8) is 0 Å². The smallest absolute Gasteiger partial charge is 0.0693 e. The van der Waals surface area contributed by atoms with E-state index in [-0.39, 0.29) is 11.5 Å². The number of rotatable bonds is 3. The summed E-state index contributed by atoms with van der Waals surface area (Å²) in [5.41, 5.74) is 2.70. The van der Waals surface area contributed by atoms with Crippen LogP contribution < -0.4 is 0 Å². The van der Waals surface area contributed by atoms with Crippen molar-refractivity contribution in [2.75, 3.05) is 0 Å². The highest BCUT2D eigenvalue weighted by Gasteiger charge is 2.61. The molecule has 3 fully saturated rings. The van der Waals surface area contributed by atoms with Crippen LogP contribution >= 0.6 is 0 Å². The van der Waals surface area contributed by atoms with E-state index in [1.165, 1.54) is 31.2 Å². The summed E-state index contributed by atoms with van der Waals surface area (Å²) in [6.07, 6.45) is 12.3. The molecule has 30 heavy (non-hydrogen) atoms. The molecule has 2 heteroatoms. The fourth-order valence-electron chi connectivity index (χ4n) is 8.80. The van der Waals surface area contributed by atoms with Crippen LogP contribution in [0.5, 0.6) is 0 Å². The van der Waals surface area contributed by atoms with Crippen molar-refractivity contribution in [1.29, 1.82) is 0 Å². The summed E-state index contributed by atoms with van der Waals surface area (Å²) in [4.78, 5) is 0. The van der Waals surface area contributed by atoms with Crippen LogP contribution in [-0.4, -0.2) is 21.9 Å². The molecule has 4 aliphatic rings. The third-order valence-electron chi connectivity index (χ3n) is 10.2. The number of fused-ring (bicyclic) bond motifs is 5.